The molecule has 0 aromatic heterocycles. The van der Waals surface area contributed by atoms with E-state index >= 15 is 0 Å². The summed E-state index contributed by atoms with van der Waals surface area (Å²) in [6.07, 6.45) is 0.320. The molecular weight excluding hydrogens is 520 g/mol. The molecule has 0 bridgehead atoms. The van der Waals surface area contributed by atoms with Gasteiger partial charge in [-0.1, -0.05) is 39.8 Å². The van der Waals surface area contributed by atoms with Gasteiger partial charge in [0.15, 0.2) is 0 Å². The number of aryl methyl sites for hydroxylation is 4. The van der Waals surface area contributed by atoms with Crippen LogP contribution in [0.25, 0.3) is 0 Å². The minimum absolute atomic E-state index is 0.146. The molecule has 0 aliphatic carbocycles. The summed E-state index contributed by atoms with van der Waals surface area (Å²) < 4.78 is 10.9. The Morgan fingerprint density at radius 2 is 0.947 bits per heavy atom. The topological polar surface area (TPSA) is 86.7 Å². The summed E-state index contributed by atoms with van der Waals surface area (Å²) >= 11 is 0. The highest BCUT2D eigenvalue weighted by Gasteiger charge is 2.33. The van der Waals surface area contributed by atoms with Gasteiger partial charge in [0.05, 0.1) is 0 Å². The molecule has 0 spiro atoms. The van der Waals surface area contributed by atoms with Gasteiger partial charge in [-0.05, 0) is 83.7 Å². The molecule has 0 radical (unpaired) electrons. The largest absolute Gasteiger partial charge is 0.426 e. The fourth-order valence-corrected chi connectivity index (χ4v) is 7.05. The predicted molar refractivity (Wildman–Crippen MR) is 155 cm³/mol. The smallest absolute Gasteiger partial charge is 0.308 e. The number of carbonyl (C=O) groups is 4. The van der Waals surface area contributed by atoms with E-state index in [9.17, 15) is 19.2 Å². The molecule has 38 heavy (non-hydrogen) atoms. The molecule has 2 aromatic rings. The molecule has 2 aromatic carbocycles. The van der Waals surface area contributed by atoms with Gasteiger partial charge in [-0.3, -0.25) is 19.2 Å². The highest BCUT2D eigenvalue weighted by Crippen LogP contribution is 2.43. The zero-order valence-corrected chi connectivity index (χ0v) is 25.6. The first kappa shape index (κ1) is 31.6. The third-order valence-corrected chi connectivity index (χ3v) is 8.26. The first-order chi connectivity index (χ1) is 17.4. The Bertz CT molecular complexity index is 1160. The molecule has 8 heteroatoms. The minimum atomic E-state index is -0.618. The summed E-state index contributed by atoms with van der Waals surface area (Å²) in [6.45, 7) is 18.2. The van der Waals surface area contributed by atoms with Crippen LogP contribution in [0, 0.1) is 27.7 Å². The van der Waals surface area contributed by atoms with Crippen LogP contribution in [-0.4, -0.2) is 22.2 Å². The Kier molecular flexibility index (Phi) is 10.4. The summed E-state index contributed by atoms with van der Waals surface area (Å²) in [5.74, 6) is 0.0787. The standard InChI is InChI=1S/C30H38O6S2/c1-17-11-19(3)27(23(13-17)35-21(5)31)29(7,8)15-25(33)37-38-26(34)16-30(9,10)28-20(4)12-18(2)14-24(28)36-22(6)32/h11-14H,15-16H2,1-10H3. The van der Waals surface area contributed by atoms with Crippen LogP contribution in [0.4, 0.5) is 0 Å². The maximum atomic E-state index is 13.0. The Morgan fingerprint density at radius 1 is 0.632 bits per heavy atom. The maximum absolute atomic E-state index is 13.0. The lowest BCUT2D eigenvalue weighted by molar-refractivity contribution is -0.132. The molecule has 0 unspecified atom stereocenters. The normalized spacial score (nSPS) is 11.7. The van der Waals surface area contributed by atoms with E-state index in [0.717, 1.165) is 55.0 Å². The van der Waals surface area contributed by atoms with E-state index in [1.807, 2.05) is 67.5 Å². The van der Waals surface area contributed by atoms with Gasteiger partial charge in [0.1, 0.15) is 11.5 Å². The van der Waals surface area contributed by atoms with E-state index in [1.54, 1.807) is 12.1 Å². The SMILES string of the molecule is CC(=O)Oc1cc(C)cc(C)c1C(C)(C)CC(=O)SSC(=O)CC(C)(C)c1c(C)cc(C)cc1OC(C)=O. The first-order valence-corrected chi connectivity index (χ1v) is 14.6. The van der Waals surface area contributed by atoms with Gasteiger partial charge >= 0.3 is 11.9 Å². The zero-order valence-electron chi connectivity index (χ0n) is 24.0. The van der Waals surface area contributed by atoms with Gasteiger partial charge in [0, 0.05) is 48.6 Å². The van der Waals surface area contributed by atoms with Crippen molar-refractivity contribution in [1.82, 2.24) is 0 Å². The van der Waals surface area contributed by atoms with Crippen LogP contribution in [0.3, 0.4) is 0 Å². The van der Waals surface area contributed by atoms with Crippen molar-refractivity contribution in [2.45, 2.75) is 92.9 Å². The highest BCUT2D eigenvalue weighted by atomic mass is 33.1. The molecule has 0 aliphatic heterocycles. The van der Waals surface area contributed by atoms with Gasteiger partial charge < -0.3 is 9.47 Å². The van der Waals surface area contributed by atoms with Crippen molar-refractivity contribution >= 4 is 43.8 Å². The van der Waals surface area contributed by atoms with Gasteiger partial charge in [-0.25, -0.2) is 0 Å². The van der Waals surface area contributed by atoms with Crippen molar-refractivity contribution in [3.63, 3.8) is 0 Å². The molecule has 6 nitrogen and oxygen atoms in total. The number of benzene rings is 2. The van der Waals surface area contributed by atoms with E-state index in [2.05, 4.69) is 0 Å². The van der Waals surface area contributed by atoms with E-state index < -0.39 is 22.8 Å². The fourth-order valence-electron chi connectivity index (χ4n) is 5.11. The van der Waals surface area contributed by atoms with Crippen LogP contribution in [0.2, 0.25) is 0 Å². The van der Waals surface area contributed by atoms with E-state index in [4.69, 9.17) is 9.47 Å². The van der Waals surface area contributed by atoms with Crippen LogP contribution >= 0.6 is 21.6 Å². The zero-order chi connectivity index (χ0) is 29.0. The highest BCUT2D eigenvalue weighted by molar-refractivity contribution is 8.87. The maximum Gasteiger partial charge on any atom is 0.308 e. The molecule has 206 valence electrons. The number of ether oxygens (including phenoxy) is 2. The Hall–Kier alpha value is -2.58. The molecule has 0 aliphatic rings. The summed E-state index contributed by atoms with van der Waals surface area (Å²) in [5, 5.41) is -0.293. The molecule has 0 saturated heterocycles. The van der Waals surface area contributed by atoms with Gasteiger partial charge in [-0.2, -0.15) is 0 Å². The van der Waals surface area contributed by atoms with E-state index in [1.165, 1.54) is 13.8 Å². The monoisotopic (exact) mass is 558 g/mol. The Morgan fingerprint density at radius 3 is 1.24 bits per heavy atom. The molecule has 0 saturated carbocycles. The molecule has 0 fully saturated rings. The lowest BCUT2D eigenvalue weighted by Gasteiger charge is -2.29. The number of hydrogen-bond donors (Lipinski definition) is 0. The van der Waals surface area contributed by atoms with Crippen molar-refractivity contribution in [3.8, 4) is 11.5 Å². The van der Waals surface area contributed by atoms with Crippen LogP contribution in [-0.2, 0) is 30.0 Å². The fraction of sp³-hybridized carbons (Fsp3) is 0.467. The molecule has 2 rings (SSSR count). The molecule has 0 heterocycles. The van der Waals surface area contributed by atoms with E-state index in [-0.39, 0.29) is 23.1 Å². The number of hydrogen-bond acceptors (Lipinski definition) is 8. The third kappa shape index (κ3) is 8.46. The van der Waals surface area contributed by atoms with Crippen molar-refractivity contribution in [2.75, 3.05) is 0 Å². The summed E-state index contributed by atoms with van der Waals surface area (Å²) in [7, 11) is 1.85. The van der Waals surface area contributed by atoms with Crippen LogP contribution < -0.4 is 9.47 Å². The molecular formula is C30H38O6S2. The molecule has 0 N–H and O–H groups in total. The van der Waals surface area contributed by atoms with Crippen molar-refractivity contribution in [1.29, 1.82) is 0 Å². The third-order valence-electron chi connectivity index (χ3n) is 6.15. The van der Waals surface area contributed by atoms with Gasteiger partial charge in [0.2, 0.25) is 10.2 Å². The second kappa shape index (κ2) is 12.5. The van der Waals surface area contributed by atoms with Crippen molar-refractivity contribution < 1.29 is 28.7 Å². The molecule has 0 atom stereocenters. The number of esters is 2. The van der Waals surface area contributed by atoms with Gasteiger partial charge in [0.25, 0.3) is 0 Å². The lowest BCUT2D eigenvalue weighted by Crippen LogP contribution is -2.24. The van der Waals surface area contributed by atoms with Crippen LogP contribution in [0.15, 0.2) is 24.3 Å². The number of carbonyl (C=O) groups excluding carboxylic acids is 4. The summed E-state index contributed by atoms with van der Waals surface area (Å²) in [5.41, 5.74) is 4.17. The van der Waals surface area contributed by atoms with Gasteiger partial charge in [-0.15, -0.1) is 0 Å². The molecule has 0 amide bonds. The second-order valence-corrected chi connectivity index (χ2v) is 13.4. The van der Waals surface area contributed by atoms with Crippen molar-refractivity contribution in [2.24, 2.45) is 0 Å². The first-order valence-electron chi connectivity index (χ1n) is 12.4. The van der Waals surface area contributed by atoms with E-state index in [0.29, 0.717) is 11.5 Å². The minimum Gasteiger partial charge on any atom is -0.426 e. The second-order valence-electron chi connectivity index (χ2n) is 11.1. The average molecular weight is 559 g/mol. The van der Waals surface area contributed by atoms with Crippen LogP contribution in [0.5, 0.6) is 11.5 Å². The lowest BCUT2D eigenvalue weighted by atomic mass is 9.78. The average Bonchev–Trinajstić information content (AvgIpc) is 2.68. The number of rotatable bonds is 8. The Labute approximate surface area is 234 Å². The predicted octanol–water partition coefficient (Wildman–Crippen LogP) is 7.24. The van der Waals surface area contributed by atoms with Crippen LogP contribution in [0.1, 0.15) is 87.8 Å². The summed E-state index contributed by atoms with van der Waals surface area (Å²) in [4.78, 5) is 49.3. The Balaban J connectivity index is 2.15. The quantitative estimate of drug-likeness (QED) is 0.190. The summed E-state index contributed by atoms with van der Waals surface area (Å²) in [6, 6.07) is 7.61. The van der Waals surface area contributed by atoms with Crippen molar-refractivity contribution in [3.05, 3.63) is 57.6 Å².